The summed E-state index contributed by atoms with van der Waals surface area (Å²) in [5, 5.41) is 3.44. The first-order valence-electron chi connectivity index (χ1n) is 49.0. The van der Waals surface area contributed by atoms with Crippen molar-refractivity contribution in [2.45, 2.75) is 52.9 Å². The van der Waals surface area contributed by atoms with E-state index in [1.165, 1.54) is 0 Å². The molecule has 0 bridgehead atoms. The number of ketones is 2. The molecule has 0 saturated carbocycles. The zero-order valence-corrected chi connectivity index (χ0v) is 83.8. The number of azide groups is 1. The fourth-order valence-electron chi connectivity index (χ4n) is 10.1. The number of rotatable bonds is 128. The van der Waals surface area contributed by atoms with Crippen LogP contribution in [0.3, 0.4) is 0 Å². The van der Waals surface area contributed by atoms with Crippen LogP contribution in [0.25, 0.3) is 10.4 Å². The molecule has 816 valence electrons. The van der Waals surface area contributed by atoms with E-state index in [0.29, 0.717) is 567 Å². The Hall–Kier alpha value is -2.95. The Bertz CT molecular complexity index is 2270. The van der Waals surface area contributed by atoms with Crippen LogP contribution in [0.15, 0.2) is 5.11 Å². The Morgan fingerprint density at radius 3 is 0.394 bits per heavy atom. The van der Waals surface area contributed by atoms with Crippen molar-refractivity contribution in [1.82, 2.24) is 0 Å². The van der Waals surface area contributed by atoms with Crippen LogP contribution < -0.4 is 0 Å². The highest BCUT2D eigenvalue weighted by molar-refractivity contribution is 5.83. The molecule has 0 saturated heterocycles. The first-order valence-corrected chi connectivity index (χ1v) is 49.0. The van der Waals surface area contributed by atoms with E-state index in [2.05, 4.69) is 10.0 Å². The van der Waals surface area contributed by atoms with Gasteiger partial charge in [-0.15, -0.1) is 0 Å². The minimum absolute atomic E-state index is 0.143. The van der Waals surface area contributed by atoms with E-state index in [1.54, 1.807) is 0 Å². The summed E-state index contributed by atoms with van der Waals surface area (Å²) in [6, 6.07) is 0. The van der Waals surface area contributed by atoms with Crippen molar-refractivity contribution in [1.29, 1.82) is 0 Å². The summed E-state index contributed by atoms with van der Waals surface area (Å²) in [7, 11) is 0. The molecule has 0 rings (SSSR count). The van der Waals surface area contributed by atoms with Crippen molar-refractivity contribution in [3.05, 3.63) is 10.4 Å². The second-order valence-corrected chi connectivity index (χ2v) is 29.6. The van der Waals surface area contributed by atoms with Crippen molar-refractivity contribution in [2.75, 3.05) is 535 Å². The van der Waals surface area contributed by atoms with Gasteiger partial charge in [-0.25, -0.2) is 0 Å². The fraction of sp³-hybridized carbons (Fsp3) is 0.978. The summed E-state index contributed by atoms with van der Waals surface area (Å²) in [6.45, 7) is 43.7. The van der Waals surface area contributed by atoms with Crippen LogP contribution in [0.5, 0.6) is 0 Å². The van der Waals surface area contributed by atoms with Gasteiger partial charge in [-0.1, -0.05) is 25.9 Å². The molecule has 0 aromatic rings. The number of ether oxygens (including phenoxy) is 40. The highest BCUT2D eigenvalue weighted by atomic mass is 16.6. The average Bonchev–Trinajstić information content (AvgIpc) is 0.921. The Morgan fingerprint density at radius 2 is 0.270 bits per heavy atom. The van der Waals surface area contributed by atoms with E-state index in [9.17, 15) is 9.59 Å². The number of carbonyl (C=O) groups is 2. The first kappa shape index (κ1) is 134. The van der Waals surface area contributed by atoms with Crippen LogP contribution in [0.4, 0.5) is 0 Å². The second-order valence-electron chi connectivity index (χ2n) is 29.6. The third-order valence-electron chi connectivity index (χ3n) is 17.3. The lowest BCUT2D eigenvalue weighted by Crippen LogP contribution is -2.22. The largest absolute Gasteiger partial charge is 0.379 e. The van der Waals surface area contributed by atoms with Crippen LogP contribution in [-0.2, 0) is 199 Å². The second kappa shape index (κ2) is 124. The van der Waals surface area contributed by atoms with Crippen LogP contribution in [-0.4, -0.2) is 547 Å². The van der Waals surface area contributed by atoms with Gasteiger partial charge in [0.1, 0.15) is 11.6 Å². The first-order chi connectivity index (χ1) is 67.9. The Balaban J connectivity index is 3.12. The predicted molar refractivity (Wildman–Crippen MR) is 499 cm³/mol. The molecule has 0 aromatic carbocycles. The molecule has 0 heterocycles. The third-order valence-corrected chi connectivity index (χ3v) is 17.3. The van der Waals surface area contributed by atoms with E-state index in [0.717, 1.165) is 0 Å². The van der Waals surface area contributed by atoms with E-state index in [4.69, 9.17) is 195 Å². The van der Waals surface area contributed by atoms with Gasteiger partial charge in [0.2, 0.25) is 0 Å². The van der Waals surface area contributed by atoms with E-state index >= 15 is 0 Å². The van der Waals surface area contributed by atoms with Crippen LogP contribution in [0.2, 0.25) is 0 Å². The lowest BCUT2D eigenvalue weighted by Gasteiger charge is -2.16. The normalized spacial score (nSPS) is 11.8. The zero-order chi connectivity index (χ0) is 98.2. The van der Waals surface area contributed by atoms with Gasteiger partial charge >= 0.3 is 0 Å². The standard InChI is InChI=1S/C92H181N3O42/c1-92(2,3)91(97)8-13-101-17-21-105-25-27-107-29-31-109-33-35-111-37-39-113-41-43-115-45-47-117-49-51-119-53-55-121-57-59-123-61-63-125-65-67-127-69-71-129-73-75-131-77-79-133-81-83-135-85-87-137-89-88-136-86-84-134-82-80-132-78-76-130-74-72-128-70-68-126-66-64-124-62-60-122-58-56-120-54-52-118-50-48-116-46-44-114-42-40-112-38-36-110-34-32-108-30-28-106-26-23-102-18-14-98-10-4-6-90(96)7-12-100-16-20-104-24-22-103-19-15-99-11-5-9-94-95-93/h4-89H2,1-3H3. The minimum Gasteiger partial charge on any atom is -0.379 e. The molecule has 137 heavy (non-hydrogen) atoms. The molecule has 0 spiro atoms. The minimum atomic E-state index is -0.329. The summed E-state index contributed by atoms with van der Waals surface area (Å²) in [6.07, 6.45) is 2.58. The lowest BCUT2D eigenvalue weighted by molar-refractivity contribution is -0.127. The summed E-state index contributed by atoms with van der Waals surface area (Å²) in [5.41, 5.74) is 7.89. The van der Waals surface area contributed by atoms with Crippen LogP contribution in [0.1, 0.15) is 52.9 Å². The van der Waals surface area contributed by atoms with Gasteiger partial charge in [0, 0.05) is 49.3 Å². The molecule has 0 atom stereocenters. The number of carbonyl (C=O) groups excluding carboxylic acids is 2. The molecular weight excluding hydrogens is 1820 g/mol. The number of hydrogen-bond donors (Lipinski definition) is 0. The van der Waals surface area contributed by atoms with Gasteiger partial charge in [-0.3, -0.25) is 9.59 Å². The van der Waals surface area contributed by atoms with Crippen molar-refractivity contribution in [2.24, 2.45) is 10.5 Å². The quantitative estimate of drug-likeness (QED) is 0.0358. The molecule has 0 unspecified atom stereocenters. The summed E-state index contributed by atoms with van der Waals surface area (Å²) in [4.78, 5) is 26.6. The van der Waals surface area contributed by atoms with E-state index in [1.807, 2.05) is 20.8 Å². The molecule has 0 N–H and O–H groups in total. The van der Waals surface area contributed by atoms with Gasteiger partial charge in [-0.2, -0.15) is 0 Å². The maximum absolute atomic E-state index is 12.1. The molecule has 45 heteroatoms. The summed E-state index contributed by atoms with van der Waals surface area (Å²) in [5.74, 6) is 0.337. The van der Waals surface area contributed by atoms with E-state index in [-0.39, 0.29) is 17.0 Å². The van der Waals surface area contributed by atoms with Crippen LogP contribution >= 0.6 is 0 Å². The molecule has 0 radical (unpaired) electrons. The fourth-order valence-corrected chi connectivity index (χ4v) is 10.1. The average molecular weight is 2000 g/mol. The highest BCUT2D eigenvalue weighted by Crippen LogP contribution is 2.16. The van der Waals surface area contributed by atoms with E-state index < -0.39 is 0 Å². The summed E-state index contributed by atoms with van der Waals surface area (Å²) >= 11 is 0. The van der Waals surface area contributed by atoms with Crippen molar-refractivity contribution in [3.63, 3.8) is 0 Å². The van der Waals surface area contributed by atoms with Gasteiger partial charge in [0.15, 0.2) is 0 Å². The third kappa shape index (κ3) is 125. The molecule has 0 aromatic heterocycles. The maximum atomic E-state index is 12.1. The lowest BCUT2D eigenvalue weighted by atomic mass is 9.89. The zero-order valence-electron chi connectivity index (χ0n) is 83.8. The Morgan fingerprint density at radius 1 is 0.161 bits per heavy atom. The molecule has 0 fully saturated rings. The number of nitrogens with zero attached hydrogens (tertiary/aromatic N) is 3. The predicted octanol–water partition coefficient (Wildman–Crippen LogP) is 4.10. The number of Topliss-reactive ketones (excluding diaryl/α,β-unsaturated/α-hetero) is 2. The van der Waals surface area contributed by atoms with Crippen molar-refractivity contribution < 1.29 is 199 Å². The smallest absolute Gasteiger partial charge is 0.140 e. The van der Waals surface area contributed by atoms with Gasteiger partial charge < -0.3 is 189 Å². The SMILES string of the molecule is CC(C)(C)C(=O)CCOCCOCCOCCOCCOCCOCCOCCOCCOCCOCCOCCOCCOCCOCCOCCOCCOCCOCCOCCOCCOCCOCCOCCOCCOCCOCCOCCOCCOCCOCCOCCOCCOCCOCCOCCOCCCC(=O)CCOCCOCCOCCOCCCN=[N+]=[N-]. The van der Waals surface area contributed by atoms with Gasteiger partial charge in [0.05, 0.1) is 515 Å². The molecule has 0 amide bonds. The number of hydrogen-bond acceptors (Lipinski definition) is 43. The Labute approximate surface area is 816 Å². The highest BCUT2D eigenvalue weighted by Gasteiger charge is 2.20. The monoisotopic (exact) mass is 2000 g/mol. The Kier molecular flexibility index (Phi) is 121. The molecule has 0 aliphatic heterocycles. The van der Waals surface area contributed by atoms with Crippen molar-refractivity contribution >= 4 is 11.6 Å². The molecule has 45 nitrogen and oxygen atoms in total. The maximum Gasteiger partial charge on any atom is 0.140 e. The van der Waals surface area contributed by atoms with Crippen LogP contribution in [0, 0.1) is 5.41 Å². The molecule has 0 aliphatic carbocycles. The molecular formula is C92H181N3O42. The van der Waals surface area contributed by atoms with Crippen molar-refractivity contribution in [3.8, 4) is 0 Å². The summed E-state index contributed by atoms with van der Waals surface area (Å²) < 4.78 is 221. The van der Waals surface area contributed by atoms with Gasteiger partial charge in [-0.05, 0) is 18.4 Å². The van der Waals surface area contributed by atoms with Gasteiger partial charge in [0.25, 0.3) is 0 Å². The molecule has 0 aliphatic rings. The topological polar surface area (TPSA) is 452 Å².